The number of carbonyl (C=O) groups excluding carboxylic acids is 2. The first-order valence-electron chi connectivity index (χ1n) is 10.9. The second-order valence-corrected chi connectivity index (χ2v) is 8.64. The zero-order valence-electron chi connectivity index (χ0n) is 17.0. The molecule has 1 saturated carbocycles. The van der Waals surface area contributed by atoms with Crippen LogP contribution in [0.4, 0.5) is 5.69 Å². The summed E-state index contributed by atoms with van der Waals surface area (Å²) in [5, 5.41) is 10.1. The number of aromatic nitrogens is 1. The van der Waals surface area contributed by atoms with E-state index in [9.17, 15) is 14.7 Å². The Kier molecular flexibility index (Phi) is 5.03. The number of aliphatic hydroxyl groups excluding tert-OH is 1. The van der Waals surface area contributed by atoms with Crippen molar-refractivity contribution >= 4 is 17.5 Å². The van der Waals surface area contributed by atoms with Crippen molar-refractivity contribution in [3.8, 4) is 0 Å². The smallest absolute Gasteiger partial charge is 0.259 e. The predicted octanol–water partition coefficient (Wildman–Crippen LogP) is 2.98. The number of fused-ring (bicyclic) bond motifs is 3. The van der Waals surface area contributed by atoms with E-state index >= 15 is 0 Å². The Balaban J connectivity index is 1.49. The van der Waals surface area contributed by atoms with Gasteiger partial charge in [0.15, 0.2) is 0 Å². The van der Waals surface area contributed by atoms with Gasteiger partial charge in [-0.3, -0.25) is 14.6 Å². The standard InChI is InChI=1S/C24H27N3O3/c28-15-21-22-18-10-4-5-11-19(18)26(23(29)17-9-6-12-25-13-17)14-20(22)27(21)24(30)16-7-2-1-3-8-16/h4-6,9-13,16,20-22,28H,1-3,7-8,14-15H2/t20-,21+,22+/m1/s1. The van der Waals surface area contributed by atoms with Gasteiger partial charge in [0.2, 0.25) is 5.91 Å². The van der Waals surface area contributed by atoms with E-state index in [2.05, 4.69) is 4.98 Å². The molecule has 3 atom stereocenters. The Morgan fingerprint density at radius 1 is 1.07 bits per heavy atom. The molecule has 3 heterocycles. The number of aliphatic hydroxyl groups is 1. The first-order chi connectivity index (χ1) is 14.7. The second kappa shape index (κ2) is 7.84. The van der Waals surface area contributed by atoms with Gasteiger partial charge in [-0.2, -0.15) is 0 Å². The summed E-state index contributed by atoms with van der Waals surface area (Å²) in [5.74, 6) is 0.166. The number of nitrogens with zero attached hydrogens (tertiary/aromatic N) is 3. The summed E-state index contributed by atoms with van der Waals surface area (Å²) in [6.07, 6.45) is 8.48. The van der Waals surface area contributed by atoms with Crippen molar-refractivity contribution < 1.29 is 14.7 Å². The number of amides is 2. The predicted molar refractivity (Wildman–Crippen MR) is 113 cm³/mol. The summed E-state index contributed by atoms with van der Waals surface area (Å²) in [7, 11) is 0. The van der Waals surface area contributed by atoms with Crippen LogP contribution in [0.15, 0.2) is 48.8 Å². The van der Waals surface area contributed by atoms with Gasteiger partial charge in [0.25, 0.3) is 5.91 Å². The lowest BCUT2D eigenvalue weighted by molar-refractivity contribution is -0.156. The van der Waals surface area contributed by atoms with Crippen LogP contribution in [0.3, 0.4) is 0 Å². The number of benzene rings is 1. The molecular weight excluding hydrogens is 378 g/mol. The van der Waals surface area contributed by atoms with E-state index in [0.29, 0.717) is 12.1 Å². The number of carbonyl (C=O) groups is 2. The maximum atomic E-state index is 13.4. The zero-order valence-corrected chi connectivity index (χ0v) is 17.0. The number of para-hydroxylation sites is 1. The molecule has 30 heavy (non-hydrogen) atoms. The zero-order chi connectivity index (χ0) is 20.7. The highest BCUT2D eigenvalue weighted by molar-refractivity contribution is 6.07. The number of anilines is 1. The quantitative estimate of drug-likeness (QED) is 0.852. The normalized spacial score (nSPS) is 25.8. The van der Waals surface area contributed by atoms with Crippen molar-refractivity contribution in [2.45, 2.75) is 50.1 Å². The molecule has 6 nitrogen and oxygen atoms in total. The average Bonchev–Trinajstić information content (AvgIpc) is 2.80. The highest BCUT2D eigenvalue weighted by Crippen LogP contribution is 2.49. The van der Waals surface area contributed by atoms with Crippen LogP contribution in [-0.2, 0) is 4.79 Å². The van der Waals surface area contributed by atoms with E-state index in [0.717, 1.165) is 36.9 Å². The average molecular weight is 405 g/mol. The highest BCUT2D eigenvalue weighted by Gasteiger charge is 2.56. The van der Waals surface area contributed by atoms with E-state index < -0.39 is 0 Å². The van der Waals surface area contributed by atoms with Crippen LogP contribution in [0, 0.1) is 5.92 Å². The SMILES string of the molecule is O=C(c1cccnc1)N1C[C@@H]2[C@H](c3ccccc31)[C@H](CO)N2C(=O)C1CCCCC1. The van der Waals surface area contributed by atoms with Gasteiger partial charge in [0.05, 0.1) is 24.3 Å². The minimum Gasteiger partial charge on any atom is -0.394 e. The van der Waals surface area contributed by atoms with Gasteiger partial charge in [-0.1, -0.05) is 37.5 Å². The van der Waals surface area contributed by atoms with Gasteiger partial charge in [-0.05, 0) is 36.6 Å². The topological polar surface area (TPSA) is 73.7 Å². The fraction of sp³-hybridized carbons (Fsp3) is 0.458. The van der Waals surface area contributed by atoms with Crippen LogP contribution in [-0.4, -0.2) is 52.0 Å². The third-order valence-electron chi connectivity index (χ3n) is 7.05. The largest absolute Gasteiger partial charge is 0.394 e. The summed E-state index contributed by atoms with van der Waals surface area (Å²) in [4.78, 5) is 34.4. The van der Waals surface area contributed by atoms with Crippen LogP contribution in [0.5, 0.6) is 0 Å². The lowest BCUT2D eigenvalue weighted by atomic mass is 9.70. The van der Waals surface area contributed by atoms with Crippen molar-refractivity contribution in [1.29, 1.82) is 0 Å². The fourth-order valence-electron chi connectivity index (χ4n) is 5.59. The lowest BCUT2D eigenvalue weighted by Crippen LogP contribution is -2.71. The molecule has 1 aromatic heterocycles. The second-order valence-electron chi connectivity index (χ2n) is 8.64. The molecule has 3 aliphatic rings. The van der Waals surface area contributed by atoms with Crippen molar-refractivity contribution in [1.82, 2.24) is 9.88 Å². The van der Waals surface area contributed by atoms with Crippen molar-refractivity contribution in [3.05, 3.63) is 59.9 Å². The Morgan fingerprint density at radius 3 is 2.60 bits per heavy atom. The van der Waals surface area contributed by atoms with Gasteiger partial charge >= 0.3 is 0 Å². The Morgan fingerprint density at radius 2 is 1.87 bits per heavy atom. The van der Waals surface area contributed by atoms with Gasteiger partial charge in [0.1, 0.15) is 0 Å². The van der Waals surface area contributed by atoms with E-state index in [1.54, 1.807) is 29.4 Å². The van der Waals surface area contributed by atoms with Crippen LogP contribution >= 0.6 is 0 Å². The highest BCUT2D eigenvalue weighted by atomic mass is 16.3. The van der Waals surface area contributed by atoms with Crippen LogP contribution < -0.4 is 4.90 Å². The summed E-state index contributed by atoms with van der Waals surface area (Å²) in [5.41, 5.74) is 2.45. The molecule has 6 heteroatoms. The molecule has 2 amide bonds. The Bertz CT molecular complexity index is 942. The van der Waals surface area contributed by atoms with Gasteiger partial charge in [-0.15, -0.1) is 0 Å². The van der Waals surface area contributed by atoms with Gasteiger partial charge < -0.3 is 14.9 Å². The molecule has 1 saturated heterocycles. The first-order valence-corrected chi connectivity index (χ1v) is 10.9. The molecule has 2 aromatic rings. The monoisotopic (exact) mass is 405 g/mol. The Hall–Kier alpha value is -2.73. The maximum Gasteiger partial charge on any atom is 0.259 e. The molecule has 1 aromatic carbocycles. The maximum absolute atomic E-state index is 13.4. The molecule has 156 valence electrons. The molecule has 0 unspecified atom stereocenters. The first kappa shape index (κ1) is 19.2. The van der Waals surface area contributed by atoms with Crippen LogP contribution in [0.1, 0.15) is 53.9 Å². The summed E-state index contributed by atoms with van der Waals surface area (Å²) in [6.45, 7) is 0.398. The van der Waals surface area contributed by atoms with E-state index in [4.69, 9.17) is 0 Å². The van der Waals surface area contributed by atoms with Crippen LogP contribution in [0.25, 0.3) is 0 Å². The molecule has 0 spiro atoms. The number of rotatable bonds is 3. The third-order valence-corrected chi connectivity index (χ3v) is 7.05. The molecule has 0 radical (unpaired) electrons. The van der Waals surface area contributed by atoms with Crippen molar-refractivity contribution in [2.75, 3.05) is 18.1 Å². The molecule has 1 N–H and O–H groups in total. The van der Waals surface area contributed by atoms with E-state index in [-0.39, 0.29) is 42.3 Å². The molecule has 5 rings (SSSR count). The van der Waals surface area contributed by atoms with Gasteiger partial charge in [0, 0.05) is 36.5 Å². The number of hydrogen-bond acceptors (Lipinski definition) is 4. The van der Waals surface area contributed by atoms with Crippen molar-refractivity contribution in [2.24, 2.45) is 5.92 Å². The molecule has 2 fully saturated rings. The summed E-state index contributed by atoms with van der Waals surface area (Å²) >= 11 is 0. The van der Waals surface area contributed by atoms with E-state index in [1.807, 2.05) is 29.2 Å². The van der Waals surface area contributed by atoms with Crippen LogP contribution in [0.2, 0.25) is 0 Å². The molecule has 0 bridgehead atoms. The van der Waals surface area contributed by atoms with Crippen molar-refractivity contribution in [3.63, 3.8) is 0 Å². The molecular formula is C24H27N3O3. The fourth-order valence-corrected chi connectivity index (χ4v) is 5.59. The minimum atomic E-state index is -0.207. The third kappa shape index (κ3) is 3.01. The number of hydrogen-bond donors (Lipinski definition) is 1. The number of likely N-dealkylation sites (tertiary alicyclic amines) is 1. The van der Waals surface area contributed by atoms with E-state index in [1.165, 1.54) is 6.42 Å². The van der Waals surface area contributed by atoms with Gasteiger partial charge in [-0.25, -0.2) is 0 Å². The summed E-state index contributed by atoms with van der Waals surface area (Å²) in [6, 6.07) is 11.1. The summed E-state index contributed by atoms with van der Waals surface area (Å²) < 4.78 is 0. The lowest BCUT2D eigenvalue weighted by Gasteiger charge is -2.59. The molecule has 2 aliphatic heterocycles. The Labute approximate surface area is 176 Å². The minimum absolute atomic E-state index is 0.0494. The molecule has 1 aliphatic carbocycles. The number of pyridine rings is 1.